The average molecular weight is 424 g/mol. The van der Waals surface area contributed by atoms with Gasteiger partial charge in [0.25, 0.3) is 0 Å². The Morgan fingerprint density at radius 1 is 1.10 bits per heavy atom. The highest BCUT2D eigenvalue weighted by molar-refractivity contribution is 7.90. The molecule has 1 N–H and O–H groups in total. The van der Waals surface area contributed by atoms with Crippen LogP contribution in [0, 0.1) is 19.7 Å². The molecule has 9 heteroatoms. The lowest BCUT2D eigenvalue weighted by atomic mass is 10.1. The van der Waals surface area contributed by atoms with Crippen LogP contribution in [0.15, 0.2) is 42.5 Å². The second kappa shape index (κ2) is 9.71. The normalized spacial score (nSPS) is 11.4. The van der Waals surface area contributed by atoms with Crippen molar-refractivity contribution in [1.29, 1.82) is 0 Å². The Labute approximate surface area is 171 Å². The fraction of sp³-hybridized carbons (Fsp3) is 0.350. The number of carbonyl (C=O) groups excluding carboxylic acids is 1. The summed E-state index contributed by atoms with van der Waals surface area (Å²) in [6, 6.07) is 10.8. The molecule has 2 aromatic carbocycles. The van der Waals surface area contributed by atoms with Crippen molar-refractivity contribution in [2.24, 2.45) is 0 Å². The molecule has 0 aromatic heterocycles. The monoisotopic (exact) mass is 423 g/mol. The van der Waals surface area contributed by atoms with E-state index in [9.17, 15) is 17.6 Å². The van der Waals surface area contributed by atoms with Crippen LogP contribution < -0.4 is 14.4 Å². The summed E-state index contributed by atoms with van der Waals surface area (Å²) in [6.07, 6.45) is 0. The zero-order valence-corrected chi connectivity index (χ0v) is 17.8. The summed E-state index contributed by atoms with van der Waals surface area (Å²) in [4.78, 5) is 12.3. The number of anilines is 1. The van der Waals surface area contributed by atoms with Crippen LogP contribution in [0.25, 0.3) is 0 Å². The van der Waals surface area contributed by atoms with Crippen molar-refractivity contribution in [3.05, 3.63) is 59.4 Å². The van der Waals surface area contributed by atoms with E-state index in [-0.39, 0.29) is 18.8 Å². The predicted octanol–water partition coefficient (Wildman–Crippen LogP) is 2.25. The number of ether oxygens (including phenoxy) is 1. The number of halogens is 1. The maximum Gasteiger partial charge on any atom is 0.304 e. The molecule has 29 heavy (non-hydrogen) atoms. The number of hydrogen-bond acceptors (Lipinski definition) is 4. The van der Waals surface area contributed by atoms with Crippen molar-refractivity contribution < 1.29 is 22.3 Å². The van der Waals surface area contributed by atoms with Gasteiger partial charge in [0.1, 0.15) is 24.7 Å². The third-order valence-corrected chi connectivity index (χ3v) is 5.99. The van der Waals surface area contributed by atoms with E-state index >= 15 is 0 Å². The van der Waals surface area contributed by atoms with Crippen molar-refractivity contribution in [2.75, 3.05) is 38.1 Å². The predicted molar refractivity (Wildman–Crippen MR) is 111 cm³/mol. The van der Waals surface area contributed by atoms with Gasteiger partial charge in [-0.05, 0) is 55.3 Å². The minimum absolute atomic E-state index is 0.196. The minimum Gasteiger partial charge on any atom is -0.491 e. The molecule has 0 bridgehead atoms. The molecule has 0 aliphatic rings. The SMILES string of the molecule is Cc1ccc(C)c(OCCNC(=O)CN(c2ccc(F)cc2)S(=O)(=O)N(C)C)c1. The number of rotatable bonds is 9. The van der Waals surface area contributed by atoms with E-state index in [0.29, 0.717) is 0 Å². The standard InChI is InChI=1S/C20H26FN3O4S/c1-15-5-6-16(2)19(13-15)28-12-11-22-20(25)14-24(29(26,27)23(3)4)18-9-7-17(21)8-10-18/h5-10,13H,11-12,14H2,1-4H3,(H,22,25). The highest BCUT2D eigenvalue weighted by Gasteiger charge is 2.27. The number of nitrogens with zero attached hydrogens (tertiary/aromatic N) is 2. The number of benzene rings is 2. The van der Waals surface area contributed by atoms with Crippen LogP contribution in [0.3, 0.4) is 0 Å². The molecule has 0 atom stereocenters. The molecule has 1 amide bonds. The Morgan fingerprint density at radius 3 is 2.38 bits per heavy atom. The van der Waals surface area contributed by atoms with Gasteiger partial charge in [-0.15, -0.1) is 0 Å². The van der Waals surface area contributed by atoms with Gasteiger partial charge in [-0.25, -0.2) is 8.70 Å². The molecule has 0 fully saturated rings. The van der Waals surface area contributed by atoms with Crippen LogP contribution in [-0.4, -0.2) is 52.4 Å². The summed E-state index contributed by atoms with van der Waals surface area (Å²) in [6.45, 7) is 3.91. The third-order valence-electron chi connectivity index (χ3n) is 4.17. The number of aryl methyl sites for hydroxylation is 2. The summed E-state index contributed by atoms with van der Waals surface area (Å²) in [7, 11) is -1.21. The summed E-state index contributed by atoms with van der Waals surface area (Å²) >= 11 is 0. The van der Waals surface area contributed by atoms with Gasteiger partial charge in [0.05, 0.1) is 12.2 Å². The molecule has 0 saturated heterocycles. The minimum atomic E-state index is -3.93. The largest absolute Gasteiger partial charge is 0.491 e. The number of amides is 1. The Balaban J connectivity index is 1.99. The number of hydrogen-bond donors (Lipinski definition) is 1. The van der Waals surface area contributed by atoms with Crippen LogP contribution in [0.5, 0.6) is 5.75 Å². The van der Waals surface area contributed by atoms with Gasteiger partial charge in [-0.2, -0.15) is 12.7 Å². The summed E-state index contributed by atoms with van der Waals surface area (Å²) < 4.78 is 46.0. The Morgan fingerprint density at radius 2 is 1.76 bits per heavy atom. The molecule has 2 aromatic rings. The lowest BCUT2D eigenvalue weighted by molar-refractivity contribution is -0.119. The Hall–Kier alpha value is -2.65. The third kappa shape index (κ3) is 6.16. The first-order valence-electron chi connectivity index (χ1n) is 9.04. The van der Waals surface area contributed by atoms with E-state index in [4.69, 9.17) is 4.74 Å². The van der Waals surface area contributed by atoms with Crippen molar-refractivity contribution in [2.45, 2.75) is 13.8 Å². The molecule has 2 rings (SSSR count). The van der Waals surface area contributed by atoms with Gasteiger partial charge in [0.15, 0.2) is 0 Å². The Bertz CT molecular complexity index is 947. The van der Waals surface area contributed by atoms with Gasteiger partial charge in [-0.1, -0.05) is 12.1 Å². The number of nitrogens with one attached hydrogen (secondary N) is 1. The first-order chi connectivity index (χ1) is 13.6. The molecular weight excluding hydrogens is 397 g/mol. The lowest BCUT2D eigenvalue weighted by Gasteiger charge is -2.26. The van der Waals surface area contributed by atoms with Crippen LogP contribution in [0.4, 0.5) is 10.1 Å². The number of carbonyl (C=O) groups is 1. The highest BCUT2D eigenvalue weighted by atomic mass is 32.2. The maximum absolute atomic E-state index is 13.2. The van der Waals surface area contributed by atoms with E-state index in [0.717, 1.165) is 37.6 Å². The van der Waals surface area contributed by atoms with Crippen LogP contribution in [0.2, 0.25) is 0 Å². The van der Waals surface area contributed by atoms with E-state index in [1.54, 1.807) is 0 Å². The summed E-state index contributed by atoms with van der Waals surface area (Å²) in [5.74, 6) is -0.254. The quantitative estimate of drug-likeness (QED) is 0.628. The van der Waals surface area contributed by atoms with Crippen LogP contribution in [-0.2, 0) is 15.0 Å². The van der Waals surface area contributed by atoms with Crippen molar-refractivity contribution in [1.82, 2.24) is 9.62 Å². The molecule has 0 radical (unpaired) electrons. The van der Waals surface area contributed by atoms with E-state index in [2.05, 4.69) is 5.32 Å². The maximum atomic E-state index is 13.2. The lowest BCUT2D eigenvalue weighted by Crippen LogP contribution is -2.46. The molecule has 0 aliphatic carbocycles. The zero-order chi connectivity index (χ0) is 21.6. The van der Waals surface area contributed by atoms with E-state index in [1.807, 2.05) is 32.0 Å². The summed E-state index contributed by atoms with van der Waals surface area (Å²) in [5.41, 5.74) is 2.25. The molecule has 0 unspecified atom stereocenters. The zero-order valence-electron chi connectivity index (χ0n) is 17.0. The first kappa shape index (κ1) is 22.6. The topological polar surface area (TPSA) is 79.0 Å². The van der Waals surface area contributed by atoms with Gasteiger partial charge < -0.3 is 10.1 Å². The smallest absolute Gasteiger partial charge is 0.304 e. The molecule has 0 spiro atoms. The first-order valence-corrected chi connectivity index (χ1v) is 10.4. The fourth-order valence-corrected chi connectivity index (χ4v) is 3.57. The van der Waals surface area contributed by atoms with Crippen LogP contribution in [0.1, 0.15) is 11.1 Å². The fourth-order valence-electron chi connectivity index (χ4n) is 2.51. The van der Waals surface area contributed by atoms with Gasteiger partial charge in [0.2, 0.25) is 5.91 Å². The molecule has 7 nitrogen and oxygen atoms in total. The highest BCUT2D eigenvalue weighted by Crippen LogP contribution is 2.20. The van der Waals surface area contributed by atoms with Crippen molar-refractivity contribution in [3.63, 3.8) is 0 Å². The van der Waals surface area contributed by atoms with E-state index in [1.165, 1.54) is 26.2 Å². The molecule has 0 heterocycles. The van der Waals surface area contributed by atoms with Crippen molar-refractivity contribution >= 4 is 21.8 Å². The van der Waals surface area contributed by atoms with Gasteiger partial charge in [-0.3, -0.25) is 4.79 Å². The average Bonchev–Trinajstić information content (AvgIpc) is 2.66. The summed E-state index contributed by atoms with van der Waals surface area (Å²) in [5, 5.41) is 2.65. The van der Waals surface area contributed by atoms with Crippen LogP contribution >= 0.6 is 0 Å². The van der Waals surface area contributed by atoms with Gasteiger partial charge >= 0.3 is 10.2 Å². The van der Waals surface area contributed by atoms with Crippen molar-refractivity contribution in [3.8, 4) is 5.75 Å². The second-order valence-electron chi connectivity index (χ2n) is 6.74. The molecule has 158 valence electrons. The molecule has 0 saturated carbocycles. The molecular formula is C20H26FN3O4S. The Kier molecular flexibility index (Phi) is 7.58. The second-order valence-corrected chi connectivity index (χ2v) is 8.81. The van der Waals surface area contributed by atoms with E-state index < -0.39 is 28.5 Å². The van der Waals surface area contributed by atoms with Gasteiger partial charge in [0, 0.05) is 14.1 Å². The molecule has 0 aliphatic heterocycles.